The molecule has 2 aliphatic rings. The van der Waals surface area contributed by atoms with Gasteiger partial charge < -0.3 is 14.4 Å². The van der Waals surface area contributed by atoms with Gasteiger partial charge in [-0.15, -0.1) is 11.3 Å². The van der Waals surface area contributed by atoms with Crippen LogP contribution in [0.3, 0.4) is 0 Å². The standard InChI is InChI=1S/C20H24N2O5S2/c1-3-26-20(23)18-14-6-4-5-7-17(14)28-19(18)21-29(24,25)13-8-9-16-15(12-13)22(2)10-11-27-16/h8-9,12,21H,3-7,10-11H2,1-2H3. The molecular formula is C20H24N2O5S2. The SMILES string of the molecule is CCOC(=O)c1c(NS(=O)(=O)c2ccc3c(c2)N(C)CCO3)sc2c1CCCC2. The van der Waals surface area contributed by atoms with E-state index in [1.165, 1.54) is 17.4 Å². The molecule has 1 N–H and O–H groups in total. The van der Waals surface area contributed by atoms with Crippen molar-refractivity contribution >= 4 is 38.0 Å². The average molecular weight is 437 g/mol. The molecule has 156 valence electrons. The van der Waals surface area contributed by atoms with Gasteiger partial charge in [-0.3, -0.25) is 4.72 Å². The summed E-state index contributed by atoms with van der Waals surface area (Å²) in [5, 5.41) is 0.345. The molecule has 0 saturated carbocycles. The molecule has 0 spiro atoms. The minimum Gasteiger partial charge on any atom is -0.490 e. The number of nitrogens with zero attached hydrogens (tertiary/aromatic N) is 1. The second-order valence-corrected chi connectivity index (χ2v) is 9.93. The van der Waals surface area contributed by atoms with E-state index in [0.717, 1.165) is 41.8 Å². The van der Waals surface area contributed by atoms with Crippen LogP contribution in [0, 0.1) is 0 Å². The Bertz CT molecular complexity index is 1050. The number of esters is 1. The number of sulfonamides is 1. The third-order valence-electron chi connectivity index (χ3n) is 5.21. The number of nitrogens with one attached hydrogen (secondary N) is 1. The number of fused-ring (bicyclic) bond motifs is 2. The van der Waals surface area contributed by atoms with Gasteiger partial charge in [0.2, 0.25) is 0 Å². The summed E-state index contributed by atoms with van der Waals surface area (Å²) in [6.45, 7) is 3.24. The fourth-order valence-corrected chi connectivity index (χ4v) is 6.34. The van der Waals surface area contributed by atoms with Crippen LogP contribution in [0.4, 0.5) is 10.7 Å². The van der Waals surface area contributed by atoms with Crippen LogP contribution in [0.25, 0.3) is 0 Å². The summed E-state index contributed by atoms with van der Waals surface area (Å²) < 4.78 is 39.7. The Morgan fingerprint density at radius 1 is 1.31 bits per heavy atom. The molecule has 0 amide bonds. The van der Waals surface area contributed by atoms with E-state index in [1.54, 1.807) is 19.1 Å². The van der Waals surface area contributed by atoms with Gasteiger partial charge >= 0.3 is 5.97 Å². The number of carbonyl (C=O) groups is 1. The lowest BCUT2D eigenvalue weighted by molar-refractivity contribution is 0.0526. The average Bonchev–Trinajstić information content (AvgIpc) is 3.05. The van der Waals surface area contributed by atoms with E-state index in [1.807, 2.05) is 11.9 Å². The molecule has 1 aliphatic heterocycles. The summed E-state index contributed by atoms with van der Waals surface area (Å²) in [5.41, 5.74) is 2.03. The van der Waals surface area contributed by atoms with E-state index in [-0.39, 0.29) is 11.5 Å². The minimum absolute atomic E-state index is 0.134. The second kappa shape index (κ2) is 7.87. The number of aryl methyl sites for hydroxylation is 1. The zero-order valence-corrected chi connectivity index (χ0v) is 18.1. The summed E-state index contributed by atoms with van der Waals surface area (Å²) in [5.74, 6) is 0.194. The molecule has 0 radical (unpaired) electrons. The molecule has 0 saturated heterocycles. The maximum absolute atomic E-state index is 13.1. The summed E-state index contributed by atoms with van der Waals surface area (Å²) in [4.78, 5) is 15.7. The predicted molar refractivity (Wildman–Crippen MR) is 113 cm³/mol. The maximum atomic E-state index is 13.1. The summed E-state index contributed by atoms with van der Waals surface area (Å²) >= 11 is 1.34. The maximum Gasteiger partial charge on any atom is 0.341 e. The van der Waals surface area contributed by atoms with E-state index in [4.69, 9.17) is 9.47 Å². The lowest BCUT2D eigenvalue weighted by Crippen LogP contribution is -2.29. The number of rotatable bonds is 5. The highest BCUT2D eigenvalue weighted by atomic mass is 32.2. The van der Waals surface area contributed by atoms with Crippen molar-refractivity contribution < 1.29 is 22.7 Å². The number of likely N-dealkylation sites (N-methyl/N-ethyl adjacent to an activating group) is 1. The zero-order chi connectivity index (χ0) is 20.6. The van der Waals surface area contributed by atoms with Crippen molar-refractivity contribution in [3.05, 3.63) is 34.2 Å². The fraction of sp³-hybridized carbons (Fsp3) is 0.450. The van der Waals surface area contributed by atoms with E-state index >= 15 is 0 Å². The van der Waals surface area contributed by atoms with Crippen molar-refractivity contribution in [2.75, 3.05) is 36.4 Å². The number of ether oxygens (including phenoxy) is 2. The van der Waals surface area contributed by atoms with Crippen LogP contribution < -0.4 is 14.4 Å². The van der Waals surface area contributed by atoms with Gasteiger partial charge in [0, 0.05) is 11.9 Å². The minimum atomic E-state index is -3.87. The molecule has 2 aromatic rings. The summed E-state index contributed by atoms with van der Waals surface area (Å²) in [7, 11) is -1.97. The van der Waals surface area contributed by atoms with Gasteiger partial charge in [-0.25, -0.2) is 13.2 Å². The third-order valence-corrected chi connectivity index (χ3v) is 7.90. The largest absolute Gasteiger partial charge is 0.490 e. The Hall–Kier alpha value is -2.26. The summed E-state index contributed by atoms with van der Waals surface area (Å²) in [6.07, 6.45) is 3.65. The molecule has 1 aromatic carbocycles. The van der Waals surface area contributed by atoms with Crippen LogP contribution in [0.15, 0.2) is 23.1 Å². The van der Waals surface area contributed by atoms with Crippen LogP contribution >= 0.6 is 11.3 Å². The van der Waals surface area contributed by atoms with Crippen LogP contribution in [-0.4, -0.2) is 41.2 Å². The van der Waals surface area contributed by atoms with Gasteiger partial charge in [0.1, 0.15) is 17.4 Å². The number of hydrogen-bond acceptors (Lipinski definition) is 7. The smallest absolute Gasteiger partial charge is 0.341 e. The number of anilines is 2. The summed E-state index contributed by atoms with van der Waals surface area (Å²) in [6, 6.07) is 4.80. The highest BCUT2D eigenvalue weighted by molar-refractivity contribution is 7.93. The Morgan fingerprint density at radius 2 is 2.10 bits per heavy atom. The van der Waals surface area contributed by atoms with Gasteiger partial charge in [-0.1, -0.05) is 0 Å². The molecule has 9 heteroatoms. The first-order chi connectivity index (χ1) is 13.9. The third kappa shape index (κ3) is 3.81. The molecule has 1 aromatic heterocycles. The Balaban J connectivity index is 1.71. The van der Waals surface area contributed by atoms with E-state index < -0.39 is 16.0 Å². The lowest BCUT2D eigenvalue weighted by atomic mass is 9.95. The molecule has 0 fully saturated rings. The van der Waals surface area contributed by atoms with Crippen molar-refractivity contribution in [3.8, 4) is 5.75 Å². The molecule has 0 unspecified atom stereocenters. The molecule has 1 aliphatic carbocycles. The fourth-order valence-electron chi connectivity index (χ4n) is 3.74. The molecule has 0 bridgehead atoms. The zero-order valence-electron chi connectivity index (χ0n) is 16.5. The van der Waals surface area contributed by atoms with Gasteiger partial charge in [0.05, 0.1) is 29.3 Å². The monoisotopic (exact) mass is 436 g/mol. The van der Waals surface area contributed by atoms with E-state index in [9.17, 15) is 13.2 Å². The molecule has 2 heterocycles. The van der Waals surface area contributed by atoms with E-state index in [0.29, 0.717) is 29.5 Å². The van der Waals surface area contributed by atoms with Gasteiger partial charge in [-0.2, -0.15) is 0 Å². The van der Waals surface area contributed by atoms with Gasteiger partial charge in [0.15, 0.2) is 0 Å². The molecule has 7 nitrogen and oxygen atoms in total. The quantitative estimate of drug-likeness (QED) is 0.723. The van der Waals surface area contributed by atoms with Crippen molar-refractivity contribution in [1.29, 1.82) is 0 Å². The first kappa shape index (κ1) is 20.0. The Morgan fingerprint density at radius 3 is 2.90 bits per heavy atom. The molecule has 0 atom stereocenters. The molecule has 4 rings (SSSR count). The van der Waals surface area contributed by atoms with Gasteiger partial charge in [0.25, 0.3) is 10.0 Å². The van der Waals surface area contributed by atoms with Crippen LogP contribution in [0.1, 0.15) is 40.6 Å². The van der Waals surface area contributed by atoms with E-state index in [2.05, 4.69) is 4.72 Å². The van der Waals surface area contributed by atoms with Crippen molar-refractivity contribution in [2.24, 2.45) is 0 Å². The Kier molecular flexibility index (Phi) is 5.44. The first-order valence-electron chi connectivity index (χ1n) is 9.73. The highest BCUT2D eigenvalue weighted by Gasteiger charge is 2.29. The van der Waals surface area contributed by atoms with Gasteiger partial charge in [-0.05, 0) is 56.4 Å². The van der Waals surface area contributed by atoms with Crippen LogP contribution in [-0.2, 0) is 27.6 Å². The molecule has 29 heavy (non-hydrogen) atoms. The van der Waals surface area contributed by atoms with Crippen molar-refractivity contribution in [2.45, 2.75) is 37.5 Å². The van der Waals surface area contributed by atoms with Crippen LogP contribution in [0.5, 0.6) is 5.75 Å². The lowest BCUT2D eigenvalue weighted by Gasteiger charge is -2.28. The normalized spacial score (nSPS) is 15.9. The van der Waals surface area contributed by atoms with Crippen molar-refractivity contribution in [1.82, 2.24) is 0 Å². The topological polar surface area (TPSA) is 84.9 Å². The number of thiophene rings is 1. The number of benzene rings is 1. The number of carbonyl (C=O) groups excluding carboxylic acids is 1. The predicted octanol–water partition coefficient (Wildman–Crippen LogP) is 3.43. The van der Waals surface area contributed by atoms with Crippen molar-refractivity contribution in [3.63, 3.8) is 0 Å². The second-order valence-electron chi connectivity index (χ2n) is 7.14. The molecular weight excluding hydrogens is 412 g/mol. The Labute approximate surface area is 174 Å². The number of hydrogen-bond donors (Lipinski definition) is 1. The highest BCUT2D eigenvalue weighted by Crippen LogP contribution is 2.40. The van der Waals surface area contributed by atoms with Crippen LogP contribution in [0.2, 0.25) is 0 Å². The first-order valence-corrected chi connectivity index (χ1v) is 12.0.